The van der Waals surface area contributed by atoms with E-state index in [2.05, 4.69) is 23.2 Å². The van der Waals surface area contributed by atoms with Gasteiger partial charge in [-0.1, -0.05) is 19.1 Å². The van der Waals surface area contributed by atoms with Crippen LogP contribution >= 0.6 is 0 Å². The van der Waals surface area contributed by atoms with Crippen LogP contribution in [0.3, 0.4) is 0 Å². The van der Waals surface area contributed by atoms with Crippen molar-refractivity contribution in [1.82, 2.24) is 10.2 Å². The molecule has 0 aromatic heterocycles. The van der Waals surface area contributed by atoms with E-state index in [9.17, 15) is 4.79 Å². The molecule has 4 nitrogen and oxygen atoms in total. The fraction of sp³-hybridized carbons (Fsp3) is 0.533. The summed E-state index contributed by atoms with van der Waals surface area (Å²) in [7, 11) is 0. The third-order valence-electron chi connectivity index (χ3n) is 3.81. The number of rotatable bonds is 4. The molecule has 0 saturated heterocycles. The van der Waals surface area contributed by atoms with Crippen LogP contribution in [0.4, 0.5) is 5.69 Å². The number of carbonyl (C=O) groups excluding carboxylic acids is 1. The van der Waals surface area contributed by atoms with Gasteiger partial charge in [0.05, 0.1) is 6.04 Å². The summed E-state index contributed by atoms with van der Waals surface area (Å²) in [6.07, 6.45) is 1.89. The summed E-state index contributed by atoms with van der Waals surface area (Å²) in [6.45, 7) is 6.48. The molecule has 1 aliphatic heterocycles. The second-order valence-corrected chi connectivity index (χ2v) is 5.17. The lowest BCUT2D eigenvalue weighted by Gasteiger charge is -2.33. The van der Waals surface area contributed by atoms with Crippen molar-refractivity contribution in [3.8, 4) is 0 Å². The van der Waals surface area contributed by atoms with Crippen LogP contribution in [0.2, 0.25) is 0 Å². The van der Waals surface area contributed by atoms with Crippen LogP contribution in [0.15, 0.2) is 18.2 Å². The zero-order chi connectivity index (χ0) is 13.8. The van der Waals surface area contributed by atoms with Gasteiger partial charge < -0.3 is 11.1 Å². The lowest BCUT2D eigenvalue weighted by atomic mass is 9.97. The number of carbonyl (C=O) groups is 1. The van der Waals surface area contributed by atoms with Crippen LogP contribution < -0.4 is 11.1 Å². The number of anilines is 1. The second kappa shape index (κ2) is 6.06. The summed E-state index contributed by atoms with van der Waals surface area (Å²) in [5.74, 6) is 0.120. The van der Waals surface area contributed by atoms with Gasteiger partial charge in [-0.15, -0.1) is 0 Å². The molecule has 0 spiro atoms. The molecule has 0 aliphatic carbocycles. The summed E-state index contributed by atoms with van der Waals surface area (Å²) in [4.78, 5) is 14.2. The van der Waals surface area contributed by atoms with Gasteiger partial charge >= 0.3 is 0 Å². The Morgan fingerprint density at radius 2 is 2.32 bits per heavy atom. The number of nitrogens with two attached hydrogens (primary N) is 1. The molecule has 1 aromatic carbocycles. The molecule has 0 radical (unpaired) electrons. The number of hydrogen-bond acceptors (Lipinski definition) is 3. The van der Waals surface area contributed by atoms with E-state index in [1.54, 1.807) is 0 Å². The van der Waals surface area contributed by atoms with Gasteiger partial charge in [0, 0.05) is 25.3 Å². The Labute approximate surface area is 115 Å². The molecule has 0 fully saturated rings. The first-order chi connectivity index (χ1) is 9.13. The van der Waals surface area contributed by atoms with E-state index >= 15 is 0 Å². The average Bonchev–Trinajstić information content (AvgIpc) is 2.43. The van der Waals surface area contributed by atoms with Crippen LogP contribution in [0.1, 0.15) is 31.4 Å². The smallest absolute Gasteiger partial charge is 0.237 e. The Balaban J connectivity index is 2.03. The Bertz CT molecular complexity index is 459. The van der Waals surface area contributed by atoms with Crippen molar-refractivity contribution < 1.29 is 4.79 Å². The molecular formula is C15H23N3O. The zero-order valence-corrected chi connectivity index (χ0v) is 11.8. The fourth-order valence-electron chi connectivity index (χ4n) is 2.55. The van der Waals surface area contributed by atoms with Gasteiger partial charge in [0.15, 0.2) is 0 Å². The monoisotopic (exact) mass is 261 g/mol. The Kier molecular flexibility index (Phi) is 4.43. The predicted octanol–water partition coefficient (Wildman–Crippen LogP) is 1.54. The summed E-state index contributed by atoms with van der Waals surface area (Å²) in [5, 5.41) is 2.96. The lowest BCUT2D eigenvalue weighted by Crippen LogP contribution is -2.47. The summed E-state index contributed by atoms with van der Waals surface area (Å²) >= 11 is 0. The third kappa shape index (κ3) is 3.07. The van der Waals surface area contributed by atoms with Gasteiger partial charge in [-0.3, -0.25) is 9.69 Å². The minimum absolute atomic E-state index is 0.0823. The first-order valence-corrected chi connectivity index (χ1v) is 7.01. The molecule has 1 aromatic rings. The van der Waals surface area contributed by atoms with Crippen LogP contribution in [0.5, 0.6) is 0 Å². The maximum absolute atomic E-state index is 12.0. The number of benzene rings is 1. The normalized spacial score (nSPS) is 16.7. The lowest BCUT2D eigenvalue weighted by molar-refractivity contribution is -0.126. The fourth-order valence-corrected chi connectivity index (χ4v) is 2.55. The van der Waals surface area contributed by atoms with Crippen molar-refractivity contribution in [3.63, 3.8) is 0 Å². The second-order valence-electron chi connectivity index (χ2n) is 5.17. The van der Waals surface area contributed by atoms with E-state index in [0.29, 0.717) is 0 Å². The van der Waals surface area contributed by atoms with Crippen molar-refractivity contribution >= 4 is 11.6 Å². The molecule has 2 rings (SSSR count). The zero-order valence-electron chi connectivity index (χ0n) is 11.8. The Hall–Kier alpha value is -1.55. The predicted molar refractivity (Wildman–Crippen MR) is 77.7 cm³/mol. The highest BCUT2D eigenvalue weighted by Crippen LogP contribution is 2.25. The first kappa shape index (κ1) is 13.9. The topological polar surface area (TPSA) is 58.4 Å². The summed E-state index contributed by atoms with van der Waals surface area (Å²) < 4.78 is 0. The first-order valence-electron chi connectivity index (χ1n) is 7.01. The van der Waals surface area contributed by atoms with Crippen LogP contribution in [0, 0.1) is 0 Å². The molecular weight excluding hydrogens is 238 g/mol. The molecule has 4 heteroatoms. The van der Waals surface area contributed by atoms with E-state index < -0.39 is 0 Å². The van der Waals surface area contributed by atoms with Crippen molar-refractivity contribution in [2.75, 3.05) is 18.8 Å². The molecule has 3 N–H and O–H groups in total. The van der Waals surface area contributed by atoms with Gasteiger partial charge in [-0.05, 0) is 37.0 Å². The quantitative estimate of drug-likeness (QED) is 0.808. The van der Waals surface area contributed by atoms with Crippen LogP contribution in [-0.2, 0) is 17.8 Å². The van der Waals surface area contributed by atoms with Gasteiger partial charge in [-0.2, -0.15) is 0 Å². The van der Waals surface area contributed by atoms with E-state index in [-0.39, 0.29) is 11.9 Å². The van der Waals surface area contributed by atoms with Crippen molar-refractivity contribution in [1.29, 1.82) is 0 Å². The number of nitrogens with one attached hydrogen (secondary N) is 1. The van der Waals surface area contributed by atoms with E-state index in [0.717, 1.165) is 38.2 Å². The number of hydrogen-bond donors (Lipinski definition) is 2. The molecule has 0 saturated carbocycles. The number of nitrogen functional groups attached to an aromatic ring is 1. The van der Waals surface area contributed by atoms with Gasteiger partial charge in [0.25, 0.3) is 0 Å². The average molecular weight is 261 g/mol. The molecule has 1 atom stereocenters. The largest absolute Gasteiger partial charge is 0.398 e. The van der Waals surface area contributed by atoms with Gasteiger partial charge in [-0.25, -0.2) is 0 Å². The summed E-state index contributed by atoms with van der Waals surface area (Å²) in [5.41, 5.74) is 9.37. The maximum atomic E-state index is 12.0. The maximum Gasteiger partial charge on any atom is 0.237 e. The molecule has 104 valence electrons. The molecule has 19 heavy (non-hydrogen) atoms. The molecule has 0 bridgehead atoms. The number of nitrogens with zero attached hydrogens (tertiary/aromatic N) is 1. The van der Waals surface area contributed by atoms with E-state index in [1.807, 2.05) is 19.1 Å². The highest BCUT2D eigenvalue weighted by Gasteiger charge is 2.25. The third-order valence-corrected chi connectivity index (χ3v) is 3.81. The molecule has 1 amide bonds. The number of amides is 1. The van der Waals surface area contributed by atoms with Gasteiger partial charge in [0.1, 0.15) is 0 Å². The van der Waals surface area contributed by atoms with E-state index in [4.69, 9.17) is 5.73 Å². The minimum Gasteiger partial charge on any atom is -0.398 e. The molecule has 1 unspecified atom stereocenters. The van der Waals surface area contributed by atoms with Crippen LogP contribution in [0.25, 0.3) is 0 Å². The summed E-state index contributed by atoms with van der Waals surface area (Å²) in [6, 6.07) is 5.96. The van der Waals surface area contributed by atoms with Crippen molar-refractivity contribution in [3.05, 3.63) is 29.3 Å². The van der Waals surface area contributed by atoms with E-state index in [1.165, 1.54) is 11.1 Å². The Morgan fingerprint density at radius 3 is 3.05 bits per heavy atom. The number of fused-ring (bicyclic) bond motifs is 1. The standard InChI is InChI=1S/C15H23N3O/c1-3-8-17-15(19)11(2)18-9-7-13-12(10-18)5-4-6-14(13)16/h4-6,11H,3,7-10,16H2,1-2H3,(H,17,19). The SMILES string of the molecule is CCCNC(=O)C(C)N1CCc2c(N)cccc2C1. The highest BCUT2D eigenvalue weighted by atomic mass is 16.2. The van der Waals surface area contributed by atoms with Gasteiger partial charge in [0.2, 0.25) is 5.91 Å². The Morgan fingerprint density at radius 1 is 1.53 bits per heavy atom. The highest BCUT2D eigenvalue weighted by molar-refractivity contribution is 5.81. The minimum atomic E-state index is -0.0823. The van der Waals surface area contributed by atoms with Crippen molar-refractivity contribution in [2.24, 2.45) is 0 Å². The van der Waals surface area contributed by atoms with Crippen molar-refractivity contribution in [2.45, 2.75) is 39.3 Å². The molecule has 1 heterocycles. The van der Waals surface area contributed by atoms with Crippen LogP contribution in [-0.4, -0.2) is 29.9 Å². The molecule has 1 aliphatic rings.